The second-order valence-corrected chi connectivity index (χ2v) is 7.33. The van der Waals surface area contributed by atoms with Crippen molar-refractivity contribution in [1.29, 1.82) is 0 Å². The molecule has 0 fully saturated rings. The van der Waals surface area contributed by atoms with Crippen molar-refractivity contribution in [3.05, 3.63) is 89.1 Å². The Morgan fingerprint density at radius 1 is 0.654 bits per heavy atom. The van der Waals surface area contributed by atoms with Crippen LogP contribution < -0.4 is 0 Å². The van der Waals surface area contributed by atoms with Crippen molar-refractivity contribution in [1.82, 2.24) is 4.98 Å². The van der Waals surface area contributed by atoms with Crippen molar-refractivity contribution >= 4 is 0 Å². The van der Waals surface area contributed by atoms with Crippen LogP contribution in [0, 0.1) is 13.8 Å². The molecule has 0 aliphatic rings. The Kier molecular flexibility index (Phi) is 6.60. The summed E-state index contributed by atoms with van der Waals surface area (Å²) in [5, 5.41) is 0. The molecule has 1 heterocycles. The second-order valence-electron chi connectivity index (χ2n) is 7.33. The summed E-state index contributed by atoms with van der Waals surface area (Å²) >= 11 is 0. The molecular weight excluding hydrogens is 314 g/mol. The number of rotatable bonds is 8. The largest absolute Gasteiger partial charge is 0.256 e. The van der Waals surface area contributed by atoms with Crippen LogP contribution in [0.4, 0.5) is 0 Å². The average molecular weight is 344 g/mol. The van der Waals surface area contributed by atoms with Crippen molar-refractivity contribution in [2.75, 3.05) is 0 Å². The van der Waals surface area contributed by atoms with Crippen LogP contribution >= 0.6 is 0 Å². The molecule has 26 heavy (non-hydrogen) atoms. The van der Waals surface area contributed by atoms with Crippen LogP contribution in [0.1, 0.15) is 47.9 Å². The lowest BCUT2D eigenvalue weighted by Gasteiger charge is -2.07. The Balaban J connectivity index is 1.47. The minimum Gasteiger partial charge on any atom is -0.256 e. The summed E-state index contributed by atoms with van der Waals surface area (Å²) in [5.74, 6) is 0. The van der Waals surface area contributed by atoms with E-state index in [0.717, 1.165) is 12.1 Å². The predicted molar refractivity (Wildman–Crippen MR) is 111 cm³/mol. The van der Waals surface area contributed by atoms with E-state index in [9.17, 15) is 0 Å². The van der Waals surface area contributed by atoms with Crippen molar-refractivity contribution < 1.29 is 0 Å². The van der Waals surface area contributed by atoms with Gasteiger partial charge in [-0.1, -0.05) is 60.4 Å². The zero-order valence-corrected chi connectivity index (χ0v) is 16.0. The summed E-state index contributed by atoms with van der Waals surface area (Å²) < 4.78 is 0. The van der Waals surface area contributed by atoms with E-state index >= 15 is 0 Å². The first-order chi connectivity index (χ1) is 12.7. The third kappa shape index (κ3) is 5.56. The summed E-state index contributed by atoms with van der Waals surface area (Å²) in [6.45, 7) is 4.30. The summed E-state index contributed by atoms with van der Waals surface area (Å²) in [6, 6.07) is 21.9. The van der Waals surface area contributed by atoms with E-state index in [1.165, 1.54) is 59.9 Å². The van der Waals surface area contributed by atoms with Crippen LogP contribution in [0.5, 0.6) is 0 Å². The van der Waals surface area contributed by atoms with Gasteiger partial charge in [0.05, 0.1) is 5.69 Å². The molecule has 0 saturated carbocycles. The molecule has 134 valence electrons. The molecule has 3 aromatic rings. The number of hydrogen-bond acceptors (Lipinski definition) is 1. The van der Waals surface area contributed by atoms with Gasteiger partial charge in [0, 0.05) is 11.8 Å². The number of pyridine rings is 1. The number of aromatic nitrogens is 1. The molecule has 3 rings (SSSR count). The van der Waals surface area contributed by atoms with Crippen LogP contribution in [0.15, 0.2) is 66.9 Å². The van der Waals surface area contributed by atoms with E-state index in [4.69, 9.17) is 0 Å². The van der Waals surface area contributed by atoms with Gasteiger partial charge in [-0.2, -0.15) is 0 Å². The number of aryl methyl sites for hydroxylation is 4. The number of benzene rings is 2. The van der Waals surface area contributed by atoms with Crippen LogP contribution in [-0.2, 0) is 12.8 Å². The van der Waals surface area contributed by atoms with Crippen molar-refractivity contribution in [2.45, 2.75) is 52.4 Å². The third-order valence-corrected chi connectivity index (χ3v) is 4.87. The Bertz CT molecular complexity index is 800. The van der Waals surface area contributed by atoms with Gasteiger partial charge in [0.15, 0.2) is 0 Å². The quantitative estimate of drug-likeness (QED) is 0.414. The van der Waals surface area contributed by atoms with E-state index < -0.39 is 0 Å². The molecule has 1 aromatic heterocycles. The van der Waals surface area contributed by atoms with E-state index in [1.807, 2.05) is 6.20 Å². The summed E-state index contributed by atoms with van der Waals surface area (Å²) in [6.07, 6.45) is 9.45. The van der Waals surface area contributed by atoms with Crippen LogP contribution in [-0.4, -0.2) is 4.98 Å². The van der Waals surface area contributed by atoms with E-state index in [1.54, 1.807) is 0 Å². The molecule has 0 amide bonds. The Morgan fingerprint density at radius 3 is 2.00 bits per heavy atom. The normalized spacial score (nSPS) is 10.8. The maximum atomic E-state index is 4.58. The molecule has 0 saturated heterocycles. The maximum Gasteiger partial charge on any atom is 0.0704 e. The van der Waals surface area contributed by atoms with Crippen molar-refractivity contribution in [3.63, 3.8) is 0 Å². The van der Waals surface area contributed by atoms with Gasteiger partial charge in [0.2, 0.25) is 0 Å². The Morgan fingerprint density at radius 2 is 1.31 bits per heavy atom. The van der Waals surface area contributed by atoms with Crippen LogP contribution in [0.25, 0.3) is 11.3 Å². The average Bonchev–Trinajstić information content (AvgIpc) is 2.65. The van der Waals surface area contributed by atoms with Gasteiger partial charge >= 0.3 is 0 Å². The fourth-order valence-corrected chi connectivity index (χ4v) is 3.57. The third-order valence-electron chi connectivity index (χ3n) is 4.87. The highest BCUT2D eigenvalue weighted by molar-refractivity contribution is 5.61. The minimum atomic E-state index is 1.10. The molecular formula is C25H29N. The zero-order chi connectivity index (χ0) is 18.2. The van der Waals surface area contributed by atoms with Gasteiger partial charge in [-0.05, 0) is 74.9 Å². The smallest absolute Gasteiger partial charge is 0.0704 e. The lowest BCUT2D eigenvalue weighted by molar-refractivity contribution is 0.640. The van der Waals surface area contributed by atoms with Gasteiger partial charge in [-0.3, -0.25) is 4.98 Å². The molecule has 0 atom stereocenters. The minimum absolute atomic E-state index is 1.10. The number of nitrogens with zero attached hydrogens (tertiary/aromatic N) is 1. The Hall–Kier alpha value is -2.41. The predicted octanol–water partition coefficient (Wildman–Crippen LogP) is 6.71. The monoisotopic (exact) mass is 343 g/mol. The fraction of sp³-hybridized carbons (Fsp3) is 0.320. The standard InChI is InChI=1S/C25H29N/c1-20-16-21(2)18-24(17-20)25-19-23(14-15-26-25)13-7-4-3-6-10-22-11-8-5-9-12-22/h5,8-9,11-12,14-19H,3-4,6-7,10,13H2,1-2H3. The first-order valence-corrected chi connectivity index (χ1v) is 9.78. The Labute approximate surface area is 158 Å². The number of hydrogen-bond donors (Lipinski definition) is 0. The molecule has 0 N–H and O–H groups in total. The van der Waals surface area contributed by atoms with Crippen molar-refractivity contribution in [2.24, 2.45) is 0 Å². The first kappa shape index (κ1) is 18.4. The summed E-state index contributed by atoms with van der Waals surface area (Å²) in [5.41, 5.74) is 7.78. The molecule has 0 radical (unpaired) electrons. The highest BCUT2D eigenvalue weighted by Gasteiger charge is 2.03. The summed E-state index contributed by atoms with van der Waals surface area (Å²) in [4.78, 5) is 4.58. The molecule has 1 heteroatoms. The fourth-order valence-electron chi connectivity index (χ4n) is 3.57. The zero-order valence-electron chi connectivity index (χ0n) is 16.0. The van der Waals surface area contributed by atoms with Crippen LogP contribution in [0.2, 0.25) is 0 Å². The maximum absolute atomic E-state index is 4.58. The molecule has 0 aliphatic heterocycles. The van der Waals surface area contributed by atoms with E-state index in [2.05, 4.69) is 79.5 Å². The van der Waals surface area contributed by atoms with E-state index in [0.29, 0.717) is 0 Å². The lowest BCUT2D eigenvalue weighted by atomic mass is 10.0. The van der Waals surface area contributed by atoms with Crippen molar-refractivity contribution in [3.8, 4) is 11.3 Å². The molecule has 0 spiro atoms. The second kappa shape index (κ2) is 9.33. The highest BCUT2D eigenvalue weighted by Crippen LogP contribution is 2.22. The van der Waals surface area contributed by atoms with Crippen LogP contribution in [0.3, 0.4) is 0 Å². The highest BCUT2D eigenvalue weighted by atomic mass is 14.7. The first-order valence-electron chi connectivity index (χ1n) is 9.78. The lowest BCUT2D eigenvalue weighted by Crippen LogP contribution is -1.91. The molecule has 0 bridgehead atoms. The molecule has 0 aliphatic carbocycles. The molecule has 1 nitrogen and oxygen atoms in total. The SMILES string of the molecule is Cc1cc(C)cc(-c2cc(CCCCCCc3ccccc3)ccn2)c1. The molecule has 2 aromatic carbocycles. The van der Waals surface area contributed by atoms with Gasteiger partial charge in [-0.15, -0.1) is 0 Å². The number of unbranched alkanes of at least 4 members (excludes halogenated alkanes) is 3. The molecule has 0 unspecified atom stereocenters. The van der Waals surface area contributed by atoms with Gasteiger partial charge in [0.1, 0.15) is 0 Å². The van der Waals surface area contributed by atoms with Gasteiger partial charge < -0.3 is 0 Å². The summed E-state index contributed by atoms with van der Waals surface area (Å²) in [7, 11) is 0. The topological polar surface area (TPSA) is 12.9 Å². The van der Waals surface area contributed by atoms with E-state index in [-0.39, 0.29) is 0 Å². The van der Waals surface area contributed by atoms with Gasteiger partial charge in [0.25, 0.3) is 0 Å². The van der Waals surface area contributed by atoms with Gasteiger partial charge in [-0.25, -0.2) is 0 Å².